The van der Waals surface area contributed by atoms with Crippen LogP contribution in [0.5, 0.6) is 0 Å². The number of hydrogen-bond acceptors (Lipinski definition) is 7. The van der Waals surface area contributed by atoms with Crippen LogP contribution >= 0.6 is 27.5 Å². The number of ether oxygens (including phenoxy) is 1. The predicted octanol–water partition coefficient (Wildman–Crippen LogP) is 4.25. The summed E-state index contributed by atoms with van der Waals surface area (Å²) in [4.78, 5) is 31.1. The number of benzene rings is 1. The Kier molecular flexibility index (Phi) is 4.89. The summed E-state index contributed by atoms with van der Waals surface area (Å²) in [5.74, 6) is 0.474. The van der Waals surface area contributed by atoms with Crippen LogP contribution in [0.2, 0.25) is 5.02 Å². The molecule has 1 unspecified atom stereocenters. The van der Waals surface area contributed by atoms with Gasteiger partial charge in [-0.3, -0.25) is 14.9 Å². The van der Waals surface area contributed by atoms with E-state index < -0.39 is 11.0 Å². The molecule has 0 bridgehead atoms. The van der Waals surface area contributed by atoms with Gasteiger partial charge in [-0.05, 0) is 40.5 Å². The molecule has 146 valence electrons. The number of pyridine rings is 1. The van der Waals surface area contributed by atoms with Gasteiger partial charge in [-0.25, -0.2) is 14.7 Å². The van der Waals surface area contributed by atoms with E-state index in [-0.39, 0.29) is 11.6 Å². The van der Waals surface area contributed by atoms with Crippen molar-refractivity contribution in [1.82, 2.24) is 14.8 Å². The van der Waals surface area contributed by atoms with Crippen LogP contribution < -0.4 is 0 Å². The molecule has 1 atom stereocenters. The number of carbonyl (C=O) groups is 1. The van der Waals surface area contributed by atoms with E-state index in [1.807, 2.05) is 0 Å². The maximum atomic E-state index is 11.7. The molecule has 3 aromatic rings. The van der Waals surface area contributed by atoms with E-state index in [1.165, 1.54) is 16.8 Å². The molecule has 0 fully saturated rings. The Morgan fingerprint density at radius 3 is 2.86 bits per heavy atom. The number of rotatable bonds is 4. The number of aliphatic imine (C=N–C) groups is 1. The smallest absolute Gasteiger partial charge is 0.270 e. The largest absolute Gasteiger partial charge is 0.460 e. The van der Waals surface area contributed by atoms with Crippen molar-refractivity contribution in [1.29, 1.82) is 0 Å². The Bertz CT molecular complexity index is 1190. The van der Waals surface area contributed by atoms with Crippen LogP contribution in [-0.2, 0) is 9.53 Å². The summed E-state index contributed by atoms with van der Waals surface area (Å²) in [6.45, 7) is 1.68. The molecule has 0 radical (unpaired) electrons. The van der Waals surface area contributed by atoms with Gasteiger partial charge in [0.1, 0.15) is 10.3 Å². The molecular weight excluding hydrogens is 466 g/mol. The summed E-state index contributed by atoms with van der Waals surface area (Å²) in [5, 5.41) is 15.9. The van der Waals surface area contributed by atoms with Gasteiger partial charge < -0.3 is 4.74 Å². The van der Waals surface area contributed by atoms with Crippen molar-refractivity contribution >= 4 is 51.1 Å². The molecule has 1 aliphatic rings. The molecule has 3 heterocycles. The van der Waals surface area contributed by atoms with Crippen molar-refractivity contribution in [3.63, 3.8) is 0 Å². The molecular formula is C18H11BrClN5O4. The number of aromatic nitrogens is 3. The number of aldehydes is 1. The topological polar surface area (TPSA) is 113 Å². The number of non-ortho nitro benzene ring substituents is 1. The van der Waals surface area contributed by atoms with E-state index in [1.54, 1.807) is 31.3 Å². The van der Waals surface area contributed by atoms with Crippen LogP contribution in [0.1, 0.15) is 22.9 Å². The third-order valence-corrected chi connectivity index (χ3v) is 4.93. The Morgan fingerprint density at radius 2 is 2.17 bits per heavy atom. The van der Waals surface area contributed by atoms with E-state index in [4.69, 9.17) is 16.3 Å². The molecule has 1 aromatic carbocycles. The van der Waals surface area contributed by atoms with Crippen LogP contribution in [0.4, 0.5) is 11.4 Å². The minimum Gasteiger partial charge on any atom is -0.460 e. The molecule has 1 aliphatic heterocycles. The minimum absolute atomic E-state index is 0.117. The maximum absolute atomic E-state index is 11.7. The van der Waals surface area contributed by atoms with E-state index in [0.29, 0.717) is 44.2 Å². The molecule has 0 saturated heterocycles. The molecule has 9 nitrogen and oxygen atoms in total. The van der Waals surface area contributed by atoms with Crippen LogP contribution in [0.15, 0.2) is 46.1 Å². The van der Waals surface area contributed by atoms with E-state index in [0.717, 1.165) is 0 Å². The second-order valence-corrected chi connectivity index (χ2v) is 7.34. The number of hydrogen-bond donors (Lipinski definition) is 0. The first-order valence-electron chi connectivity index (χ1n) is 8.25. The fourth-order valence-corrected chi connectivity index (χ4v) is 3.57. The number of nitro groups is 1. The first-order valence-corrected chi connectivity index (χ1v) is 9.42. The molecule has 0 aliphatic carbocycles. The van der Waals surface area contributed by atoms with Crippen LogP contribution in [-0.4, -0.2) is 31.9 Å². The molecule has 0 saturated carbocycles. The van der Waals surface area contributed by atoms with Crippen LogP contribution in [0.25, 0.3) is 5.82 Å². The monoisotopic (exact) mass is 475 g/mol. The van der Waals surface area contributed by atoms with Crippen molar-refractivity contribution < 1.29 is 14.5 Å². The number of nitrogens with zero attached hydrogens (tertiary/aromatic N) is 5. The van der Waals surface area contributed by atoms with Crippen molar-refractivity contribution in [2.75, 3.05) is 0 Å². The van der Waals surface area contributed by atoms with Gasteiger partial charge in [0.05, 0.1) is 15.6 Å². The molecule has 0 N–H and O–H groups in total. The summed E-state index contributed by atoms with van der Waals surface area (Å²) in [6, 6.07) is 7.70. The molecule has 4 rings (SSSR count). The van der Waals surface area contributed by atoms with Gasteiger partial charge in [0.25, 0.3) is 5.69 Å². The van der Waals surface area contributed by atoms with Crippen molar-refractivity contribution in [2.24, 2.45) is 4.99 Å². The van der Waals surface area contributed by atoms with Gasteiger partial charge >= 0.3 is 0 Å². The zero-order valence-corrected chi connectivity index (χ0v) is 17.1. The Hall–Kier alpha value is -3.11. The highest BCUT2D eigenvalue weighted by Gasteiger charge is 2.30. The van der Waals surface area contributed by atoms with Crippen LogP contribution in [0, 0.1) is 17.0 Å². The average molecular weight is 477 g/mol. The summed E-state index contributed by atoms with van der Waals surface area (Å²) in [6.07, 6.45) is 1.08. The summed E-state index contributed by atoms with van der Waals surface area (Å²) in [7, 11) is 0. The summed E-state index contributed by atoms with van der Waals surface area (Å²) < 4.78 is 7.68. The third-order valence-electron chi connectivity index (χ3n) is 4.25. The highest BCUT2D eigenvalue weighted by molar-refractivity contribution is 9.10. The molecule has 2 aromatic heterocycles. The summed E-state index contributed by atoms with van der Waals surface area (Å²) >= 11 is 9.57. The van der Waals surface area contributed by atoms with Gasteiger partial charge in [0.15, 0.2) is 18.2 Å². The predicted molar refractivity (Wildman–Crippen MR) is 108 cm³/mol. The van der Waals surface area contributed by atoms with Crippen molar-refractivity contribution in [2.45, 2.75) is 13.0 Å². The van der Waals surface area contributed by atoms with Gasteiger partial charge in [0, 0.05) is 30.0 Å². The van der Waals surface area contributed by atoms with Gasteiger partial charge in [-0.15, -0.1) is 0 Å². The minimum atomic E-state index is -1.06. The van der Waals surface area contributed by atoms with Gasteiger partial charge in [-0.2, -0.15) is 5.10 Å². The number of halogens is 2. The maximum Gasteiger partial charge on any atom is 0.270 e. The zero-order valence-electron chi connectivity index (χ0n) is 14.7. The van der Waals surface area contributed by atoms with Crippen LogP contribution in [0.3, 0.4) is 0 Å². The highest BCUT2D eigenvalue weighted by Crippen LogP contribution is 2.39. The fraction of sp³-hybridized carbons (Fsp3) is 0.111. The number of aryl methyl sites for hydroxylation is 1. The number of fused-ring (bicyclic) bond motifs is 1. The van der Waals surface area contributed by atoms with Crippen molar-refractivity contribution in [3.05, 3.63) is 73.1 Å². The molecule has 0 amide bonds. The second-order valence-electron chi connectivity index (χ2n) is 6.12. The Morgan fingerprint density at radius 1 is 1.38 bits per heavy atom. The van der Waals surface area contributed by atoms with E-state index >= 15 is 0 Å². The second kappa shape index (κ2) is 7.37. The van der Waals surface area contributed by atoms with Crippen molar-refractivity contribution in [3.8, 4) is 5.82 Å². The number of nitro benzene ring substituents is 1. The van der Waals surface area contributed by atoms with E-state index in [9.17, 15) is 14.9 Å². The molecule has 29 heavy (non-hydrogen) atoms. The Balaban J connectivity index is 1.91. The lowest BCUT2D eigenvalue weighted by Gasteiger charge is -2.23. The first kappa shape index (κ1) is 19.2. The highest BCUT2D eigenvalue weighted by atomic mass is 79.9. The lowest BCUT2D eigenvalue weighted by Crippen LogP contribution is -2.21. The molecule has 11 heteroatoms. The summed E-state index contributed by atoms with van der Waals surface area (Å²) in [5.41, 5.74) is 1.58. The third kappa shape index (κ3) is 3.40. The first-order chi connectivity index (χ1) is 13.9. The average Bonchev–Trinajstić information content (AvgIpc) is 3.09. The quantitative estimate of drug-likeness (QED) is 0.316. The normalized spacial score (nSPS) is 15.3. The van der Waals surface area contributed by atoms with Gasteiger partial charge in [0.2, 0.25) is 5.90 Å². The lowest BCUT2D eigenvalue weighted by molar-refractivity contribution is -0.385. The Labute approximate surface area is 177 Å². The molecule has 0 spiro atoms. The zero-order chi connectivity index (χ0) is 20.7. The van der Waals surface area contributed by atoms with E-state index in [2.05, 4.69) is 31.0 Å². The van der Waals surface area contributed by atoms with Gasteiger partial charge in [-0.1, -0.05) is 11.6 Å². The lowest BCUT2D eigenvalue weighted by atomic mass is 10.0. The standard InChI is InChI=1S/C18H11BrClN5O4/c1-9-5-10(25(27)28)6-11-14(8-26)29-18(22-16(9)11)13-7-15(19)23-24(13)17-12(20)3-2-4-21-17/h2-8,14H,1H3. The SMILES string of the molecule is Cc1cc([N+](=O)[O-])cc2c1N=C(c1cc(Br)nn1-c1ncccc1Cl)OC2C=O. The fourth-order valence-electron chi connectivity index (χ4n) is 2.99. The number of carbonyl (C=O) groups excluding carboxylic acids is 1.